The van der Waals surface area contributed by atoms with Crippen molar-refractivity contribution in [3.05, 3.63) is 70.4 Å². The van der Waals surface area contributed by atoms with Crippen LogP contribution in [0.15, 0.2) is 48.7 Å². The second kappa shape index (κ2) is 10.5. The number of alkyl halides is 3. The molecule has 0 saturated carbocycles. The number of para-hydroxylation sites is 1. The molecule has 3 rings (SSSR count). The maximum atomic E-state index is 12.8. The molecule has 0 aliphatic carbocycles. The molecule has 3 aromatic rings. The summed E-state index contributed by atoms with van der Waals surface area (Å²) in [5, 5.41) is 4.34. The Bertz CT molecular complexity index is 1180. The van der Waals surface area contributed by atoms with Crippen LogP contribution in [0, 0.1) is 0 Å². The van der Waals surface area contributed by atoms with Gasteiger partial charge in [-0.2, -0.15) is 13.2 Å². The van der Waals surface area contributed by atoms with E-state index in [1.807, 2.05) is 19.2 Å². The predicted molar refractivity (Wildman–Crippen MR) is 124 cm³/mol. The smallest absolute Gasteiger partial charge is 0.449 e. The minimum absolute atomic E-state index is 0.0456. The number of rotatable bonds is 8. The Morgan fingerprint density at radius 2 is 1.88 bits per heavy atom. The van der Waals surface area contributed by atoms with Crippen molar-refractivity contribution in [3.8, 4) is 0 Å². The van der Waals surface area contributed by atoms with Crippen molar-refractivity contribution >= 4 is 34.4 Å². The minimum atomic E-state index is -5.10. The standard InChI is InChI=1S/C24H25ClF3N3O3/c1-14(10-16-12-30-21-18(16)8-5-9-19(21)22(32)31(2)3)29-13-20(34-23(33)24(26,27)28)15-6-4-7-17(25)11-15/h4-9,11-12,14,20,29-30H,10,13H2,1-3H3/t14-,20+/m1/s1. The zero-order chi connectivity index (χ0) is 25.0. The lowest BCUT2D eigenvalue weighted by Gasteiger charge is -2.22. The second-order valence-electron chi connectivity index (χ2n) is 8.20. The summed E-state index contributed by atoms with van der Waals surface area (Å²) in [5.74, 6) is -2.39. The van der Waals surface area contributed by atoms with Crippen LogP contribution in [-0.4, -0.2) is 54.6 Å². The largest absolute Gasteiger partial charge is 0.490 e. The number of nitrogens with zero attached hydrogens (tertiary/aromatic N) is 1. The first-order valence-electron chi connectivity index (χ1n) is 10.5. The van der Waals surface area contributed by atoms with E-state index in [2.05, 4.69) is 10.3 Å². The van der Waals surface area contributed by atoms with Crippen LogP contribution in [0.25, 0.3) is 10.9 Å². The number of amides is 1. The first kappa shape index (κ1) is 25.6. The third-order valence-electron chi connectivity index (χ3n) is 5.32. The van der Waals surface area contributed by atoms with Gasteiger partial charge in [-0.1, -0.05) is 35.9 Å². The Morgan fingerprint density at radius 1 is 1.18 bits per heavy atom. The first-order valence-corrected chi connectivity index (χ1v) is 10.9. The number of H-pyrrole nitrogens is 1. The molecule has 2 atom stereocenters. The molecule has 0 unspecified atom stereocenters. The van der Waals surface area contributed by atoms with Gasteiger partial charge in [-0.3, -0.25) is 4.79 Å². The summed E-state index contributed by atoms with van der Waals surface area (Å²) < 4.78 is 43.1. The molecule has 0 saturated heterocycles. The summed E-state index contributed by atoms with van der Waals surface area (Å²) in [6.07, 6.45) is -3.95. The molecule has 6 nitrogen and oxygen atoms in total. The zero-order valence-corrected chi connectivity index (χ0v) is 19.6. The van der Waals surface area contributed by atoms with Crippen molar-refractivity contribution in [2.75, 3.05) is 20.6 Å². The summed E-state index contributed by atoms with van der Waals surface area (Å²) in [5.41, 5.74) is 2.56. The second-order valence-corrected chi connectivity index (χ2v) is 8.64. The van der Waals surface area contributed by atoms with Crippen LogP contribution in [0.1, 0.15) is 34.5 Å². The molecule has 2 aromatic carbocycles. The maximum Gasteiger partial charge on any atom is 0.490 e. The van der Waals surface area contributed by atoms with Crippen molar-refractivity contribution in [2.24, 2.45) is 0 Å². The van der Waals surface area contributed by atoms with Gasteiger partial charge >= 0.3 is 12.1 Å². The molecular formula is C24H25ClF3N3O3. The number of halogens is 4. The number of aromatic amines is 1. The molecule has 0 spiro atoms. The van der Waals surface area contributed by atoms with Gasteiger partial charge < -0.3 is 19.9 Å². The summed E-state index contributed by atoms with van der Waals surface area (Å²) in [4.78, 5) is 28.6. The van der Waals surface area contributed by atoms with Gasteiger partial charge in [-0.05, 0) is 42.7 Å². The number of fused-ring (bicyclic) bond motifs is 1. The van der Waals surface area contributed by atoms with Crippen LogP contribution < -0.4 is 5.32 Å². The number of carbonyl (C=O) groups is 2. The Hall–Kier alpha value is -3.04. The lowest BCUT2D eigenvalue weighted by atomic mass is 10.0. The number of esters is 1. The van der Waals surface area contributed by atoms with E-state index in [9.17, 15) is 22.8 Å². The predicted octanol–water partition coefficient (Wildman–Crippen LogP) is 4.89. The van der Waals surface area contributed by atoms with Crippen molar-refractivity contribution in [1.82, 2.24) is 15.2 Å². The molecule has 0 bridgehead atoms. The molecule has 1 amide bonds. The SMILES string of the molecule is C[C@H](Cc1c[nH]c2c(C(=O)N(C)C)cccc12)NC[C@H](OC(=O)C(F)(F)F)c1cccc(Cl)c1. The van der Waals surface area contributed by atoms with Crippen molar-refractivity contribution in [3.63, 3.8) is 0 Å². The van der Waals surface area contributed by atoms with Crippen molar-refractivity contribution < 1.29 is 27.5 Å². The Balaban J connectivity index is 1.74. The topological polar surface area (TPSA) is 74.4 Å². The highest BCUT2D eigenvalue weighted by molar-refractivity contribution is 6.30. The average Bonchev–Trinajstić information content (AvgIpc) is 3.18. The number of hydrogen-bond acceptors (Lipinski definition) is 4. The summed E-state index contributed by atoms with van der Waals surface area (Å²) >= 11 is 5.97. The van der Waals surface area contributed by atoms with E-state index in [0.29, 0.717) is 22.6 Å². The number of hydrogen-bond donors (Lipinski definition) is 2. The van der Waals surface area contributed by atoms with Crippen LogP contribution in [0.2, 0.25) is 5.02 Å². The van der Waals surface area contributed by atoms with Gasteiger partial charge in [0, 0.05) is 43.3 Å². The van der Waals surface area contributed by atoms with E-state index in [4.69, 9.17) is 16.3 Å². The van der Waals surface area contributed by atoms with Crippen molar-refractivity contribution in [1.29, 1.82) is 0 Å². The highest BCUT2D eigenvalue weighted by Gasteiger charge is 2.42. The fourth-order valence-electron chi connectivity index (χ4n) is 3.64. The van der Waals surface area contributed by atoms with Gasteiger partial charge in [-0.15, -0.1) is 0 Å². The lowest BCUT2D eigenvalue weighted by molar-refractivity contribution is -0.205. The average molecular weight is 496 g/mol. The highest BCUT2D eigenvalue weighted by atomic mass is 35.5. The molecule has 10 heteroatoms. The molecule has 0 aliphatic rings. The molecule has 2 N–H and O–H groups in total. The van der Waals surface area contributed by atoms with Gasteiger partial charge in [0.2, 0.25) is 0 Å². The molecule has 0 fully saturated rings. The summed E-state index contributed by atoms with van der Waals surface area (Å²) in [6, 6.07) is 11.4. The Kier molecular flexibility index (Phi) is 7.89. The van der Waals surface area contributed by atoms with Crippen LogP contribution >= 0.6 is 11.6 Å². The van der Waals surface area contributed by atoms with Crippen LogP contribution in [0.5, 0.6) is 0 Å². The van der Waals surface area contributed by atoms with Crippen LogP contribution in [0.4, 0.5) is 13.2 Å². The number of ether oxygens (including phenoxy) is 1. The number of benzene rings is 2. The maximum absolute atomic E-state index is 12.8. The Morgan fingerprint density at radius 3 is 2.53 bits per heavy atom. The zero-order valence-electron chi connectivity index (χ0n) is 18.9. The number of nitrogens with one attached hydrogen (secondary N) is 2. The van der Waals surface area contributed by atoms with Crippen LogP contribution in [0.3, 0.4) is 0 Å². The summed E-state index contributed by atoms with van der Waals surface area (Å²) in [7, 11) is 3.36. The van der Waals surface area contributed by atoms with Gasteiger partial charge in [-0.25, -0.2) is 4.79 Å². The van der Waals surface area contributed by atoms with Gasteiger partial charge in [0.25, 0.3) is 5.91 Å². The van der Waals surface area contributed by atoms with E-state index >= 15 is 0 Å². The van der Waals surface area contributed by atoms with Gasteiger partial charge in [0.05, 0.1) is 11.1 Å². The normalized spacial score (nSPS) is 13.5. The monoisotopic (exact) mass is 495 g/mol. The van der Waals surface area contributed by atoms with Gasteiger partial charge in [0.1, 0.15) is 6.10 Å². The summed E-state index contributed by atoms with van der Waals surface area (Å²) in [6.45, 7) is 1.82. The first-order chi connectivity index (χ1) is 16.0. The molecular weight excluding hydrogens is 471 g/mol. The molecule has 0 aliphatic heterocycles. The lowest BCUT2D eigenvalue weighted by Crippen LogP contribution is -2.35. The van der Waals surface area contributed by atoms with E-state index < -0.39 is 18.2 Å². The fourth-order valence-corrected chi connectivity index (χ4v) is 3.84. The molecule has 1 aromatic heterocycles. The third-order valence-corrected chi connectivity index (χ3v) is 5.55. The molecule has 1 heterocycles. The van der Waals surface area contributed by atoms with E-state index in [-0.39, 0.29) is 18.5 Å². The van der Waals surface area contributed by atoms with E-state index in [0.717, 1.165) is 16.5 Å². The fraction of sp³-hybridized carbons (Fsp3) is 0.333. The van der Waals surface area contributed by atoms with Crippen molar-refractivity contribution in [2.45, 2.75) is 31.7 Å². The third kappa shape index (κ3) is 6.09. The molecule has 0 radical (unpaired) electrons. The molecule has 182 valence electrons. The number of aromatic nitrogens is 1. The van der Waals surface area contributed by atoms with E-state index in [1.54, 1.807) is 44.4 Å². The number of carbonyl (C=O) groups excluding carboxylic acids is 2. The highest BCUT2D eigenvalue weighted by Crippen LogP contribution is 2.26. The van der Waals surface area contributed by atoms with E-state index in [1.165, 1.54) is 11.0 Å². The molecule has 34 heavy (non-hydrogen) atoms. The Labute approximate surface area is 200 Å². The minimum Gasteiger partial charge on any atom is -0.449 e. The quantitative estimate of drug-likeness (QED) is 0.436. The van der Waals surface area contributed by atoms with Crippen LogP contribution in [-0.2, 0) is 16.0 Å². The van der Waals surface area contributed by atoms with Gasteiger partial charge in [0.15, 0.2) is 0 Å².